The Bertz CT molecular complexity index is 1060. The van der Waals surface area contributed by atoms with Crippen LogP contribution in [-0.4, -0.2) is 31.6 Å². The average Bonchev–Trinajstić information content (AvgIpc) is 2.85. The fourth-order valence-electron chi connectivity index (χ4n) is 2.80. The van der Waals surface area contributed by atoms with Crippen LogP contribution in [0.5, 0.6) is 17.2 Å². The van der Waals surface area contributed by atoms with Crippen molar-refractivity contribution >= 4 is 27.7 Å². The van der Waals surface area contributed by atoms with E-state index in [-0.39, 0.29) is 6.61 Å². The normalized spacial score (nSPS) is 10.2. The molecule has 0 aliphatic heterocycles. The molecule has 0 spiro atoms. The number of hydrogen-bond acceptors (Lipinski definition) is 5. The summed E-state index contributed by atoms with van der Waals surface area (Å²) in [6, 6.07) is 21.7. The van der Waals surface area contributed by atoms with Gasteiger partial charge in [-0.2, -0.15) is 0 Å². The summed E-state index contributed by atoms with van der Waals surface area (Å²) in [7, 11) is 0. The highest BCUT2D eigenvalue weighted by Gasteiger charge is 2.10. The van der Waals surface area contributed by atoms with Crippen molar-refractivity contribution in [1.29, 1.82) is 0 Å². The van der Waals surface area contributed by atoms with Gasteiger partial charge in [-0.1, -0.05) is 31.2 Å². The van der Waals surface area contributed by atoms with Crippen LogP contribution in [0.2, 0.25) is 0 Å². The van der Waals surface area contributed by atoms with Gasteiger partial charge in [-0.15, -0.1) is 0 Å². The molecule has 0 aromatic heterocycles. The quantitative estimate of drug-likeness (QED) is 0.312. The van der Waals surface area contributed by atoms with Gasteiger partial charge in [0, 0.05) is 5.56 Å². The van der Waals surface area contributed by atoms with E-state index in [0.717, 1.165) is 22.2 Å². The van der Waals surface area contributed by atoms with Crippen molar-refractivity contribution in [2.45, 2.75) is 13.3 Å². The molecule has 0 heterocycles. The molecule has 3 aromatic rings. The van der Waals surface area contributed by atoms with E-state index in [1.54, 1.807) is 30.3 Å². The van der Waals surface area contributed by atoms with Gasteiger partial charge >= 0.3 is 0 Å². The van der Waals surface area contributed by atoms with Crippen LogP contribution in [0.3, 0.4) is 0 Å². The zero-order valence-electron chi connectivity index (χ0n) is 18.2. The lowest BCUT2D eigenvalue weighted by atomic mass is 10.2. The second-order valence-corrected chi connectivity index (χ2v) is 7.80. The molecule has 0 unspecified atom stereocenters. The zero-order chi connectivity index (χ0) is 23.5. The number of carbonyl (C=O) groups is 2. The number of hydrogen-bond donors (Lipinski definition) is 2. The van der Waals surface area contributed by atoms with Crippen molar-refractivity contribution in [3.8, 4) is 17.2 Å². The summed E-state index contributed by atoms with van der Waals surface area (Å²) in [5, 5.41) is 0. The molecule has 0 fully saturated rings. The van der Waals surface area contributed by atoms with Crippen molar-refractivity contribution in [3.63, 3.8) is 0 Å². The van der Waals surface area contributed by atoms with Crippen LogP contribution in [0.1, 0.15) is 22.8 Å². The highest BCUT2D eigenvalue weighted by Crippen LogP contribution is 2.26. The van der Waals surface area contributed by atoms with Crippen molar-refractivity contribution in [2.24, 2.45) is 0 Å². The van der Waals surface area contributed by atoms with Gasteiger partial charge in [0.1, 0.15) is 30.5 Å². The lowest BCUT2D eigenvalue weighted by Crippen LogP contribution is -2.43. The summed E-state index contributed by atoms with van der Waals surface area (Å²) in [5.74, 6) is 1.02. The minimum atomic E-state index is -0.479. The smallest absolute Gasteiger partial charge is 0.276 e. The van der Waals surface area contributed by atoms with Crippen molar-refractivity contribution in [2.75, 3.05) is 19.8 Å². The molecule has 8 heteroatoms. The summed E-state index contributed by atoms with van der Waals surface area (Å²) >= 11 is 3.42. The third kappa shape index (κ3) is 7.84. The maximum Gasteiger partial charge on any atom is 0.276 e. The number of rotatable bonds is 10. The Kier molecular flexibility index (Phi) is 9.14. The SMILES string of the molecule is CCc1ccc(OCC(=O)NNC(=O)c2ccc(OCCOc3ccccc3)cc2)c(Br)c1. The highest BCUT2D eigenvalue weighted by molar-refractivity contribution is 9.10. The summed E-state index contributed by atoms with van der Waals surface area (Å²) in [4.78, 5) is 24.2. The van der Waals surface area contributed by atoms with E-state index >= 15 is 0 Å². The predicted octanol–water partition coefficient (Wildman–Crippen LogP) is 4.31. The van der Waals surface area contributed by atoms with E-state index < -0.39 is 11.8 Å². The van der Waals surface area contributed by atoms with Crippen LogP contribution in [-0.2, 0) is 11.2 Å². The number of hydrazine groups is 1. The van der Waals surface area contributed by atoms with E-state index in [0.29, 0.717) is 30.3 Å². The van der Waals surface area contributed by atoms with Crippen LogP contribution in [0, 0.1) is 0 Å². The topological polar surface area (TPSA) is 85.9 Å². The third-order valence-corrected chi connectivity index (χ3v) is 5.18. The number of amides is 2. The summed E-state index contributed by atoms with van der Waals surface area (Å²) in [6.07, 6.45) is 0.904. The first-order valence-corrected chi connectivity index (χ1v) is 11.3. The van der Waals surface area contributed by atoms with E-state index in [9.17, 15) is 9.59 Å². The molecule has 33 heavy (non-hydrogen) atoms. The molecule has 0 aliphatic carbocycles. The average molecular weight is 513 g/mol. The molecule has 0 saturated carbocycles. The second kappa shape index (κ2) is 12.5. The minimum absolute atomic E-state index is 0.234. The Balaban J connectivity index is 1.37. The van der Waals surface area contributed by atoms with Gasteiger partial charge in [0.2, 0.25) is 0 Å². The number of halogens is 1. The van der Waals surface area contributed by atoms with Crippen molar-refractivity contribution in [3.05, 3.63) is 88.4 Å². The van der Waals surface area contributed by atoms with Gasteiger partial charge in [-0.3, -0.25) is 20.4 Å². The highest BCUT2D eigenvalue weighted by atomic mass is 79.9. The first-order valence-electron chi connectivity index (χ1n) is 10.5. The van der Waals surface area contributed by atoms with E-state index in [4.69, 9.17) is 14.2 Å². The first kappa shape index (κ1) is 24.1. The van der Waals surface area contributed by atoms with Gasteiger partial charge in [0.15, 0.2) is 6.61 Å². The van der Waals surface area contributed by atoms with Gasteiger partial charge in [0.25, 0.3) is 11.8 Å². The molecular weight excluding hydrogens is 488 g/mol. The molecule has 0 aliphatic rings. The number of ether oxygens (including phenoxy) is 3. The third-order valence-electron chi connectivity index (χ3n) is 4.56. The largest absolute Gasteiger partial charge is 0.490 e. The Morgan fingerprint density at radius 1 is 0.818 bits per heavy atom. The van der Waals surface area contributed by atoms with Crippen molar-refractivity contribution in [1.82, 2.24) is 10.9 Å². The number of nitrogens with one attached hydrogen (secondary N) is 2. The molecule has 2 N–H and O–H groups in total. The Labute approximate surface area is 201 Å². The van der Waals surface area contributed by atoms with Crippen LogP contribution < -0.4 is 25.1 Å². The Morgan fingerprint density at radius 3 is 2.12 bits per heavy atom. The lowest BCUT2D eigenvalue weighted by molar-refractivity contribution is -0.123. The van der Waals surface area contributed by atoms with Gasteiger partial charge in [-0.05, 0) is 76.4 Å². The minimum Gasteiger partial charge on any atom is -0.490 e. The van der Waals surface area contributed by atoms with Gasteiger partial charge in [0.05, 0.1) is 4.47 Å². The fraction of sp³-hybridized carbons (Fsp3) is 0.200. The summed E-state index contributed by atoms with van der Waals surface area (Å²) in [5.41, 5.74) is 6.24. The van der Waals surface area contributed by atoms with E-state index in [1.165, 1.54) is 0 Å². The second-order valence-electron chi connectivity index (χ2n) is 6.94. The fourth-order valence-corrected chi connectivity index (χ4v) is 3.34. The van der Waals surface area contributed by atoms with Crippen LogP contribution in [0.15, 0.2) is 77.3 Å². The molecule has 3 rings (SSSR count). The lowest BCUT2D eigenvalue weighted by Gasteiger charge is -2.11. The Morgan fingerprint density at radius 2 is 1.48 bits per heavy atom. The van der Waals surface area contributed by atoms with E-state index in [1.807, 2.05) is 42.5 Å². The molecule has 172 valence electrons. The molecular formula is C25H25BrN2O5. The molecule has 0 radical (unpaired) electrons. The molecule has 3 aromatic carbocycles. The number of para-hydroxylation sites is 1. The molecule has 0 bridgehead atoms. The first-order chi connectivity index (χ1) is 16.0. The van der Waals surface area contributed by atoms with E-state index in [2.05, 4.69) is 33.7 Å². The molecule has 0 saturated heterocycles. The maximum atomic E-state index is 12.2. The zero-order valence-corrected chi connectivity index (χ0v) is 19.8. The summed E-state index contributed by atoms with van der Waals surface area (Å²) < 4.78 is 17.4. The molecule has 0 atom stereocenters. The predicted molar refractivity (Wildman–Crippen MR) is 128 cm³/mol. The Hall–Kier alpha value is -3.52. The van der Waals surface area contributed by atoms with Crippen LogP contribution in [0.4, 0.5) is 0 Å². The van der Waals surface area contributed by atoms with Crippen LogP contribution in [0.25, 0.3) is 0 Å². The molecule has 7 nitrogen and oxygen atoms in total. The number of carbonyl (C=O) groups excluding carboxylic acids is 2. The van der Waals surface area contributed by atoms with Crippen molar-refractivity contribution < 1.29 is 23.8 Å². The maximum absolute atomic E-state index is 12.2. The van der Waals surface area contributed by atoms with Crippen LogP contribution >= 0.6 is 15.9 Å². The monoisotopic (exact) mass is 512 g/mol. The standard InChI is InChI=1S/C25H25BrN2O5/c1-2-18-8-13-23(22(26)16-18)33-17-24(29)27-28-25(30)19-9-11-21(12-10-19)32-15-14-31-20-6-4-3-5-7-20/h3-13,16H,2,14-15,17H2,1H3,(H,27,29)(H,28,30). The van der Waals surface area contributed by atoms with Gasteiger partial charge in [-0.25, -0.2) is 0 Å². The number of aryl methyl sites for hydroxylation is 1. The summed E-state index contributed by atoms with van der Waals surface area (Å²) in [6.45, 7) is 2.59. The molecule has 2 amide bonds. The number of benzene rings is 3. The van der Waals surface area contributed by atoms with Gasteiger partial charge < -0.3 is 14.2 Å².